The van der Waals surface area contributed by atoms with Crippen molar-refractivity contribution in [2.75, 3.05) is 13.2 Å². The molecule has 0 bridgehead atoms. The Kier molecular flexibility index (Phi) is 5.21. The molecule has 0 heterocycles. The summed E-state index contributed by atoms with van der Waals surface area (Å²) < 4.78 is 5.72. The summed E-state index contributed by atoms with van der Waals surface area (Å²) in [6.07, 6.45) is 2.72. The van der Waals surface area contributed by atoms with E-state index in [4.69, 9.17) is 4.74 Å². The molecular formula is C16H25NO. The molecule has 0 amide bonds. The van der Waals surface area contributed by atoms with E-state index in [-0.39, 0.29) is 0 Å². The summed E-state index contributed by atoms with van der Waals surface area (Å²) in [4.78, 5) is 0. The van der Waals surface area contributed by atoms with Crippen molar-refractivity contribution in [2.45, 2.75) is 39.8 Å². The van der Waals surface area contributed by atoms with Gasteiger partial charge in [-0.2, -0.15) is 0 Å². The number of rotatable bonds is 8. The fourth-order valence-electron chi connectivity index (χ4n) is 1.96. The Morgan fingerprint density at radius 3 is 2.78 bits per heavy atom. The van der Waals surface area contributed by atoms with Crippen LogP contribution in [-0.2, 0) is 17.9 Å². The van der Waals surface area contributed by atoms with Crippen LogP contribution in [0.15, 0.2) is 24.3 Å². The molecule has 18 heavy (non-hydrogen) atoms. The molecule has 1 N–H and O–H groups in total. The Morgan fingerprint density at radius 1 is 1.28 bits per heavy atom. The quantitative estimate of drug-likeness (QED) is 0.760. The third-order valence-electron chi connectivity index (χ3n) is 3.19. The van der Waals surface area contributed by atoms with Crippen LogP contribution in [0.1, 0.15) is 37.8 Å². The van der Waals surface area contributed by atoms with E-state index in [1.54, 1.807) is 0 Å². The largest absolute Gasteiger partial charge is 0.376 e. The topological polar surface area (TPSA) is 21.3 Å². The molecule has 0 unspecified atom stereocenters. The SMILES string of the molecule is CC(C)CNCc1cccc(COCC2CC2)c1. The van der Waals surface area contributed by atoms with Crippen molar-refractivity contribution >= 4 is 0 Å². The highest BCUT2D eigenvalue weighted by Crippen LogP contribution is 2.29. The number of hydrogen-bond acceptors (Lipinski definition) is 2. The highest BCUT2D eigenvalue weighted by molar-refractivity contribution is 5.22. The molecular weight excluding hydrogens is 222 g/mol. The van der Waals surface area contributed by atoms with Gasteiger partial charge in [-0.25, -0.2) is 0 Å². The first-order chi connectivity index (χ1) is 8.74. The molecule has 2 heteroatoms. The minimum Gasteiger partial charge on any atom is -0.376 e. The Hall–Kier alpha value is -0.860. The second kappa shape index (κ2) is 6.91. The fourth-order valence-corrected chi connectivity index (χ4v) is 1.96. The van der Waals surface area contributed by atoms with Gasteiger partial charge >= 0.3 is 0 Å². The summed E-state index contributed by atoms with van der Waals surface area (Å²) in [6.45, 7) is 8.19. The molecule has 0 saturated heterocycles. The highest BCUT2D eigenvalue weighted by atomic mass is 16.5. The van der Waals surface area contributed by atoms with E-state index in [1.807, 2.05) is 0 Å². The number of ether oxygens (including phenoxy) is 1. The van der Waals surface area contributed by atoms with Gasteiger partial charge in [-0.3, -0.25) is 0 Å². The monoisotopic (exact) mass is 247 g/mol. The zero-order valence-electron chi connectivity index (χ0n) is 11.6. The predicted octanol–water partition coefficient (Wildman–Crippen LogP) is 3.36. The van der Waals surface area contributed by atoms with Crippen LogP contribution < -0.4 is 5.32 Å². The molecule has 0 aliphatic heterocycles. The number of nitrogens with one attached hydrogen (secondary N) is 1. The summed E-state index contributed by atoms with van der Waals surface area (Å²) >= 11 is 0. The second-order valence-corrected chi connectivity index (χ2v) is 5.80. The maximum absolute atomic E-state index is 5.72. The van der Waals surface area contributed by atoms with E-state index in [0.717, 1.165) is 32.2 Å². The van der Waals surface area contributed by atoms with Gasteiger partial charge < -0.3 is 10.1 Å². The molecule has 0 spiro atoms. The third kappa shape index (κ3) is 5.19. The molecule has 1 saturated carbocycles. The van der Waals surface area contributed by atoms with Gasteiger partial charge in [0.15, 0.2) is 0 Å². The molecule has 2 rings (SSSR count). The smallest absolute Gasteiger partial charge is 0.0717 e. The van der Waals surface area contributed by atoms with Crippen LogP contribution in [0, 0.1) is 11.8 Å². The minimum absolute atomic E-state index is 0.704. The molecule has 0 radical (unpaired) electrons. The lowest BCUT2D eigenvalue weighted by atomic mass is 10.1. The third-order valence-corrected chi connectivity index (χ3v) is 3.19. The van der Waals surface area contributed by atoms with Crippen molar-refractivity contribution in [2.24, 2.45) is 11.8 Å². The molecule has 1 aromatic rings. The average molecular weight is 247 g/mol. The summed E-state index contributed by atoms with van der Waals surface area (Å²) in [6, 6.07) is 8.71. The van der Waals surface area contributed by atoms with Crippen molar-refractivity contribution in [3.63, 3.8) is 0 Å². The van der Waals surface area contributed by atoms with E-state index in [1.165, 1.54) is 24.0 Å². The van der Waals surface area contributed by atoms with Crippen LogP contribution in [-0.4, -0.2) is 13.2 Å². The first-order valence-electron chi connectivity index (χ1n) is 7.10. The summed E-state index contributed by atoms with van der Waals surface area (Å²) in [5, 5.41) is 3.47. The summed E-state index contributed by atoms with van der Waals surface area (Å²) in [7, 11) is 0. The van der Waals surface area contributed by atoms with Crippen LogP contribution >= 0.6 is 0 Å². The van der Waals surface area contributed by atoms with Gasteiger partial charge in [-0.1, -0.05) is 38.1 Å². The average Bonchev–Trinajstić information content (AvgIpc) is 3.13. The molecule has 0 atom stereocenters. The Balaban J connectivity index is 1.72. The lowest BCUT2D eigenvalue weighted by Gasteiger charge is -2.09. The first kappa shape index (κ1) is 13.6. The Bertz CT molecular complexity index is 335. The van der Waals surface area contributed by atoms with Crippen LogP contribution in [0.4, 0.5) is 0 Å². The van der Waals surface area contributed by atoms with Gasteiger partial charge in [0.05, 0.1) is 6.61 Å². The van der Waals surface area contributed by atoms with Gasteiger partial charge in [0, 0.05) is 13.2 Å². The fraction of sp³-hybridized carbons (Fsp3) is 0.625. The van der Waals surface area contributed by atoms with Crippen molar-refractivity contribution in [3.05, 3.63) is 35.4 Å². The van der Waals surface area contributed by atoms with Crippen LogP contribution in [0.3, 0.4) is 0 Å². The van der Waals surface area contributed by atoms with Crippen molar-refractivity contribution < 1.29 is 4.74 Å². The minimum atomic E-state index is 0.704. The lowest BCUT2D eigenvalue weighted by Crippen LogP contribution is -2.18. The van der Waals surface area contributed by atoms with E-state index in [2.05, 4.69) is 43.4 Å². The number of hydrogen-bond donors (Lipinski definition) is 1. The van der Waals surface area contributed by atoms with Gasteiger partial charge in [-0.05, 0) is 42.3 Å². The summed E-state index contributed by atoms with van der Waals surface area (Å²) in [5.74, 6) is 1.55. The second-order valence-electron chi connectivity index (χ2n) is 5.80. The molecule has 0 aromatic heterocycles. The van der Waals surface area contributed by atoms with Crippen molar-refractivity contribution in [1.82, 2.24) is 5.32 Å². The molecule has 1 aromatic carbocycles. The lowest BCUT2D eigenvalue weighted by molar-refractivity contribution is 0.111. The van der Waals surface area contributed by atoms with Crippen LogP contribution in [0.25, 0.3) is 0 Å². The van der Waals surface area contributed by atoms with Gasteiger partial charge in [0.25, 0.3) is 0 Å². The standard InChI is InChI=1S/C16H25NO/c1-13(2)9-17-10-15-4-3-5-16(8-15)12-18-11-14-6-7-14/h3-5,8,13-14,17H,6-7,9-12H2,1-2H3. The van der Waals surface area contributed by atoms with E-state index >= 15 is 0 Å². The van der Waals surface area contributed by atoms with Crippen LogP contribution in [0.5, 0.6) is 0 Å². The molecule has 2 nitrogen and oxygen atoms in total. The van der Waals surface area contributed by atoms with E-state index in [9.17, 15) is 0 Å². The normalized spacial score (nSPS) is 15.3. The van der Waals surface area contributed by atoms with Crippen molar-refractivity contribution in [3.8, 4) is 0 Å². The number of benzene rings is 1. The molecule has 100 valence electrons. The molecule has 1 aliphatic carbocycles. The first-order valence-corrected chi connectivity index (χ1v) is 7.10. The Morgan fingerprint density at radius 2 is 2.06 bits per heavy atom. The summed E-state index contributed by atoms with van der Waals surface area (Å²) in [5.41, 5.74) is 2.64. The van der Waals surface area contributed by atoms with E-state index in [0.29, 0.717) is 5.92 Å². The maximum Gasteiger partial charge on any atom is 0.0717 e. The van der Waals surface area contributed by atoms with Gasteiger partial charge in [0.2, 0.25) is 0 Å². The zero-order chi connectivity index (χ0) is 12.8. The van der Waals surface area contributed by atoms with Gasteiger partial charge in [0.1, 0.15) is 0 Å². The maximum atomic E-state index is 5.72. The predicted molar refractivity (Wildman–Crippen MR) is 75.4 cm³/mol. The Labute approximate surface area is 111 Å². The van der Waals surface area contributed by atoms with Crippen molar-refractivity contribution in [1.29, 1.82) is 0 Å². The van der Waals surface area contributed by atoms with E-state index < -0.39 is 0 Å². The van der Waals surface area contributed by atoms with Crippen LogP contribution in [0.2, 0.25) is 0 Å². The molecule has 1 aliphatic rings. The van der Waals surface area contributed by atoms with Gasteiger partial charge in [-0.15, -0.1) is 0 Å². The highest BCUT2D eigenvalue weighted by Gasteiger charge is 2.20. The zero-order valence-corrected chi connectivity index (χ0v) is 11.6. The molecule has 1 fully saturated rings.